The highest BCUT2D eigenvalue weighted by Gasteiger charge is 2.36. The molecular formula is C16H19NO2. The maximum Gasteiger partial charge on any atom is 0.411 e. The van der Waals surface area contributed by atoms with E-state index >= 15 is 0 Å². The van der Waals surface area contributed by atoms with Crippen molar-refractivity contribution < 1.29 is 9.53 Å². The van der Waals surface area contributed by atoms with Crippen molar-refractivity contribution in [3.05, 3.63) is 42.0 Å². The highest BCUT2D eigenvalue weighted by Crippen LogP contribution is 2.43. The third-order valence-corrected chi connectivity index (χ3v) is 4.11. The molecule has 3 rings (SSSR count). The van der Waals surface area contributed by atoms with Crippen molar-refractivity contribution in [2.24, 2.45) is 17.8 Å². The Kier molecular flexibility index (Phi) is 3.28. The first-order chi connectivity index (χ1) is 9.20. The second-order valence-corrected chi connectivity index (χ2v) is 5.63. The number of carbonyl (C=O) groups excluding carboxylic acids is 1. The highest BCUT2D eigenvalue weighted by molar-refractivity contribution is 5.84. The van der Waals surface area contributed by atoms with Gasteiger partial charge in [0.15, 0.2) is 0 Å². The minimum absolute atomic E-state index is 0.350. The lowest BCUT2D eigenvalue weighted by Gasteiger charge is -2.17. The number of aryl methyl sites for hydroxylation is 1. The van der Waals surface area contributed by atoms with E-state index in [0.717, 1.165) is 17.2 Å². The van der Waals surface area contributed by atoms with E-state index in [1.54, 1.807) is 0 Å². The Bertz CT molecular complexity index is 509. The summed E-state index contributed by atoms with van der Waals surface area (Å²) >= 11 is 0. The molecule has 0 aliphatic heterocycles. The van der Waals surface area contributed by atoms with Gasteiger partial charge in [0, 0.05) is 11.6 Å². The van der Waals surface area contributed by atoms with Crippen LogP contribution in [0.3, 0.4) is 0 Å². The van der Waals surface area contributed by atoms with Gasteiger partial charge >= 0.3 is 6.09 Å². The van der Waals surface area contributed by atoms with Crippen LogP contribution in [-0.4, -0.2) is 12.7 Å². The largest absolute Gasteiger partial charge is 0.449 e. The van der Waals surface area contributed by atoms with Crippen LogP contribution in [0.4, 0.5) is 10.5 Å². The molecule has 1 saturated carbocycles. The summed E-state index contributed by atoms with van der Waals surface area (Å²) in [5.74, 6) is 1.86. The normalized spacial score (nSPS) is 27.5. The maximum atomic E-state index is 11.7. The van der Waals surface area contributed by atoms with Gasteiger partial charge in [0.2, 0.25) is 0 Å². The molecule has 0 spiro atoms. The monoisotopic (exact) mass is 257 g/mol. The van der Waals surface area contributed by atoms with Crippen LogP contribution in [0.25, 0.3) is 0 Å². The number of rotatable bonds is 3. The number of anilines is 1. The first-order valence-corrected chi connectivity index (χ1v) is 6.89. The molecule has 2 aliphatic rings. The Morgan fingerprint density at radius 2 is 2.26 bits per heavy atom. The fourth-order valence-corrected chi connectivity index (χ4v) is 3.15. The molecule has 100 valence electrons. The molecule has 1 N–H and O–H groups in total. The van der Waals surface area contributed by atoms with Crippen LogP contribution in [0, 0.1) is 24.7 Å². The lowest BCUT2D eigenvalue weighted by molar-refractivity contribution is 0.134. The summed E-state index contributed by atoms with van der Waals surface area (Å²) in [6, 6.07) is 7.72. The summed E-state index contributed by atoms with van der Waals surface area (Å²) in [6.07, 6.45) is 6.64. The number of nitrogens with one attached hydrogen (secondary N) is 1. The molecule has 19 heavy (non-hydrogen) atoms. The molecule has 3 heteroatoms. The molecule has 1 fully saturated rings. The Balaban J connectivity index is 1.48. The molecule has 2 bridgehead atoms. The number of hydrogen-bond donors (Lipinski definition) is 1. The zero-order valence-corrected chi connectivity index (χ0v) is 11.1. The van der Waals surface area contributed by atoms with Crippen molar-refractivity contribution in [1.82, 2.24) is 0 Å². The van der Waals surface area contributed by atoms with Crippen molar-refractivity contribution in [1.29, 1.82) is 0 Å². The Hall–Kier alpha value is -1.77. The van der Waals surface area contributed by atoms with Crippen molar-refractivity contribution in [3.63, 3.8) is 0 Å². The van der Waals surface area contributed by atoms with Crippen LogP contribution < -0.4 is 5.32 Å². The van der Waals surface area contributed by atoms with E-state index < -0.39 is 0 Å². The fraction of sp³-hybridized carbons (Fsp3) is 0.438. The zero-order valence-electron chi connectivity index (χ0n) is 11.1. The lowest BCUT2D eigenvalue weighted by atomic mass is 9.95. The average Bonchev–Trinajstić information content (AvgIpc) is 2.98. The molecule has 0 saturated heterocycles. The quantitative estimate of drug-likeness (QED) is 0.837. The van der Waals surface area contributed by atoms with Gasteiger partial charge in [-0.05, 0) is 49.3 Å². The van der Waals surface area contributed by atoms with E-state index in [4.69, 9.17) is 4.74 Å². The van der Waals surface area contributed by atoms with Crippen LogP contribution in [0.5, 0.6) is 0 Å². The first-order valence-electron chi connectivity index (χ1n) is 6.89. The van der Waals surface area contributed by atoms with Gasteiger partial charge in [-0.3, -0.25) is 5.32 Å². The predicted octanol–water partition coefficient (Wildman–Crippen LogP) is 3.76. The predicted molar refractivity (Wildman–Crippen MR) is 75.0 cm³/mol. The topological polar surface area (TPSA) is 38.3 Å². The standard InChI is InChI=1S/C16H19NO2/c1-11-3-2-4-15(7-11)17-16(18)19-10-14-9-12-5-6-13(14)8-12/h2-7,12-14H,8-10H2,1H3,(H,17,18)/t12-,13-,14-/m0/s1. The third-order valence-electron chi connectivity index (χ3n) is 4.11. The number of ether oxygens (including phenoxy) is 1. The molecule has 3 nitrogen and oxygen atoms in total. The maximum absolute atomic E-state index is 11.7. The van der Waals surface area contributed by atoms with Gasteiger partial charge < -0.3 is 4.74 Å². The summed E-state index contributed by atoms with van der Waals surface area (Å²) < 4.78 is 5.34. The van der Waals surface area contributed by atoms with Gasteiger partial charge in [-0.25, -0.2) is 4.79 Å². The second-order valence-electron chi connectivity index (χ2n) is 5.63. The van der Waals surface area contributed by atoms with Crippen molar-refractivity contribution in [3.8, 4) is 0 Å². The van der Waals surface area contributed by atoms with Crippen LogP contribution >= 0.6 is 0 Å². The summed E-state index contributed by atoms with van der Waals surface area (Å²) in [4.78, 5) is 11.7. The number of hydrogen-bond acceptors (Lipinski definition) is 2. The number of amides is 1. The minimum atomic E-state index is -0.350. The van der Waals surface area contributed by atoms with E-state index in [0.29, 0.717) is 18.4 Å². The number of fused-ring (bicyclic) bond motifs is 2. The van der Waals surface area contributed by atoms with E-state index in [1.165, 1.54) is 12.8 Å². The molecule has 1 aromatic carbocycles. The molecule has 2 aliphatic carbocycles. The Morgan fingerprint density at radius 1 is 1.37 bits per heavy atom. The van der Waals surface area contributed by atoms with E-state index in [-0.39, 0.29) is 6.09 Å². The number of benzene rings is 1. The van der Waals surface area contributed by atoms with E-state index in [9.17, 15) is 4.79 Å². The van der Waals surface area contributed by atoms with Gasteiger partial charge in [-0.2, -0.15) is 0 Å². The van der Waals surface area contributed by atoms with Crippen LogP contribution in [0.2, 0.25) is 0 Å². The zero-order chi connectivity index (χ0) is 13.2. The van der Waals surface area contributed by atoms with Gasteiger partial charge in [0.1, 0.15) is 0 Å². The van der Waals surface area contributed by atoms with Crippen molar-refractivity contribution in [2.75, 3.05) is 11.9 Å². The summed E-state index contributed by atoms with van der Waals surface area (Å²) in [6.45, 7) is 2.53. The minimum Gasteiger partial charge on any atom is -0.449 e. The van der Waals surface area contributed by atoms with Crippen molar-refractivity contribution in [2.45, 2.75) is 19.8 Å². The van der Waals surface area contributed by atoms with Crippen LogP contribution in [-0.2, 0) is 4.74 Å². The van der Waals surface area contributed by atoms with Crippen molar-refractivity contribution >= 4 is 11.8 Å². The Morgan fingerprint density at radius 3 is 2.95 bits per heavy atom. The molecular weight excluding hydrogens is 238 g/mol. The van der Waals surface area contributed by atoms with Gasteiger partial charge in [-0.15, -0.1) is 0 Å². The molecule has 0 aromatic heterocycles. The van der Waals surface area contributed by atoms with Gasteiger partial charge in [-0.1, -0.05) is 24.3 Å². The third kappa shape index (κ3) is 2.80. The molecule has 1 aromatic rings. The molecule has 1 amide bonds. The second kappa shape index (κ2) is 5.08. The molecule has 3 atom stereocenters. The van der Waals surface area contributed by atoms with E-state index in [2.05, 4.69) is 17.5 Å². The number of allylic oxidation sites excluding steroid dienone is 2. The SMILES string of the molecule is Cc1cccc(NC(=O)OC[C@@H]2C[C@H]3C=C[C@H]2C3)c1. The highest BCUT2D eigenvalue weighted by atomic mass is 16.5. The summed E-state index contributed by atoms with van der Waals surface area (Å²) in [5.41, 5.74) is 1.91. The Labute approximate surface area is 113 Å². The molecule has 0 heterocycles. The van der Waals surface area contributed by atoms with Crippen LogP contribution in [0.15, 0.2) is 36.4 Å². The lowest BCUT2D eigenvalue weighted by Crippen LogP contribution is -2.21. The van der Waals surface area contributed by atoms with Gasteiger partial charge in [0.05, 0.1) is 6.61 Å². The first kappa shape index (κ1) is 12.3. The summed E-state index contributed by atoms with van der Waals surface area (Å²) in [7, 11) is 0. The smallest absolute Gasteiger partial charge is 0.411 e. The van der Waals surface area contributed by atoms with E-state index in [1.807, 2.05) is 31.2 Å². The van der Waals surface area contributed by atoms with Gasteiger partial charge in [0.25, 0.3) is 0 Å². The average molecular weight is 257 g/mol. The fourth-order valence-electron chi connectivity index (χ4n) is 3.15. The molecule has 0 unspecified atom stereocenters. The summed E-state index contributed by atoms with van der Waals surface area (Å²) in [5, 5.41) is 2.77. The van der Waals surface area contributed by atoms with Crippen LogP contribution in [0.1, 0.15) is 18.4 Å². The molecule has 0 radical (unpaired) electrons. The number of carbonyl (C=O) groups is 1.